The van der Waals surface area contributed by atoms with E-state index in [4.69, 9.17) is 4.74 Å². The molecule has 3 nitrogen and oxygen atoms in total. The molecule has 2 aromatic carbocycles. The fourth-order valence-electron chi connectivity index (χ4n) is 2.74. The standard InChI is InChI=1S/C22H29NO2S/c1-5-7-17(4)23-22(24)18-10-13-21(25-6-2)19(14-18)15-26-20-11-8-16(3)9-12-20/h8-14,17H,5-7,15H2,1-4H3,(H,23,24)/t17-/m0/s1. The molecule has 26 heavy (non-hydrogen) atoms. The number of carbonyl (C=O) groups excluding carboxylic acids is 1. The van der Waals surface area contributed by atoms with E-state index >= 15 is 0 Å². The van der Waals surface area contributed by atoms with Crippen LogP contribution in [0.3, 0.4) is 0 Å². The minimum absolute atomic E-state index is 0.0180. The molecule has 0 fully saturated rings. The number of thioether (sulfide) groups is 1. The van der Waals surface area contributed by atoms with Crippen LogP contribution >= 0.6 is 11.8 Å². The quantitative estimate of drug-likeness (QED) is 0.583. The molecule has 0 saturated heterocycles. The van der Waals surface area contributed by atoms with E-state index in [2.05, 4.69) is 43.4 Å². The van der Waals surface area contributed by atoms with Crippen molar-refractivity contribution in [1.82, 2.24) is 5.32 Å². The van der Waals surface area contributed by atoms with Crippen LogP contribution in [-0.4, -0.2) is 18.6 Å². The van der Waals surface area contributed by atoms with Gasteiger partial charge in [0.05, 0.1) is 6.61 Å². The number of ether oxygens (including phenoxy) is 1. The molecule has 0 aliphatic rings. The van der Waals surface area contributed by atoms with E-state index < -0.39 is 0 Å². The van der Waals surface area contributed by atoms with Crippen LogP contribution in [0.15, 0.2) is 47.4 Å². The van der Waals surface area contributed by atoms with Gasteiger partial charge in [0.2, 0.25) is 0 Å². The van der Waals surface area contributed by atoms with Crippen LogP contribution < -0.4 is 10.1 Å². The van der Waals surface area contributed by atoms with Gasteiger partial charge in [-0.15, -0.1) is 11.8 Å². The molecule has 2 rings (SSSR count). The topological polar surface area (TPSA) is 38.3 Å². The molecule has 4 heteroatoms. The first-order valence-corrected chi connectivity index (χ1v) is 10.3. The summed E-state index contributed by atoms with van der Waals surface area (Å²) in [5.41, 5.74) is 2.99. The maximum absolute atomic E-state index is 12.5. The predicted octanol–water partition coefficient (Wildman–Crippen LogP) is 5.60. The van der Waals surface area contributed by atoms with Gasteiger partial charge in [-0.2, -0.15) is 0 Å². The lowest BCUT2D eigenvalue weighted by Gasteiger charge is -2.15. The Morgan fingerprint density at radius 1 is 1.15 bits per heavy atom. The summed E-state index contributed by atoms with van der Waals surface area (Å²) in [5.74, 6) is 1.60. The van der Waals surface area contributed by atoms with Gasteiger partial charge >= 0.3 is 0 Å². The highest BCUT2D eigenvalue weighted by Gasteiger charge is 2.13. The zero-order chi connectivity index (χ0) is 18.9. The summed E-state index contributed by atoms with van der Waals surface area (Å²) in [4.78, 5) is 13.7. The lowest BCUT2D eigenvalue weighted by Crippen LogP contribution is -2.32. The van der Waals surface area contributed by atoms with Crippen molar-refractivity contribution in [3.05, 3.63) is 59.2 Å². The number of hydrogen-bond acceptors (Lipinski definition) is 3. The maximum atomic E-state index is 12.5. The Labute approximate surface area is 161 Å². The molecule has 0 aliphatic carbocycles. The van der Waals surface area contributed by atoms with Crippen molar-refractivity contribution >= 4 is 17.7 Å². The van der Waals surface area contributed by atoms with Crippen LogP contribution in [-0.2, 0) is 5.75 Å². The van der Waals surface area contributed by atoms with E-state index in [9.17, 15) is 4.79 Å². The molecule has 0 heterocycles. The largest absolute Gasteiger partial charge is 0.494 e. The predicted molar refractivity (Wildman–Crippen MR) is 110 cm³/mol. The summed E-state index contributed by atoms with van der Waals surface area (Å²) in [6, 6.07) is 14.4. The summed E-state index contributed by atoms with van der Waals surface area (Å²) >= 11 is 1.75. The Balaban J connectivity index is 2.13. The zero-order valence-corrected chi connectivity index (χ0v) is 17.0. The summed E-state index contributed by atoms with van der Waals surface area (Å²) < 4.78 is 5.75. The van der Waals surface area contributed by atoms with Crippen LogP contribution in [0.1, 0.15) is 55.1 Å². The number of benzene rings is 2. The lowest BCUT2D eigenvalue weighted by molar-refractivity contribution is 0.0938. The van der Waals surface area contributed by atoms with E-state index in [0.717, 1.165) is 29.9 Å². The third-order valence-corrected chi connectivity index (χ3v) is 5.20. The van der Waals surface area contributed by atoms with Gasteiger partial charge in [0.25, 0.3) is 5.91 Å². The van der Waals surface area contributed by atoms with Crippen molar-refractivity contribution in [2.45, 2.75) is 57.2 Å². The third kappa shape index (κ3) is 6.10. The fourth-order valence-corrected chi connectivity index (χ4v) is 3.61. The molecular formula is C22H29NO2S. The molecule has 1 N–H and O–H groups in total. The van der Waals surface area contributed by atoms with Gasteiger partial charge in [-0.3, -0.25) is 4.79 Å². The van der Waals surface area contributed by atoms with Crippen molar-refractivity contribution in [1.29, 1.82) is 0 Å². The Morgan fingerprint density at radius 2 is 1.88 bits per heavy atom. The second kappa shape index (κ2) is 10.3. The number of aryl methyl sites for hydroxylation is 1. The van der Waals surface area contributed by atoms with Gasteiger partial charge in [-0.1, -0.05) is 31.0 Å². The van der Waals surface area contributed by atoms with E-state index in [1.54, 1.807) is 11.8 Å². The zero-order valence-electron chi connectivity index (χ0n) is 16.2. The molecule has 0 saturated carbocycles. The summed E-state index contributed by atoms with van der Waals surface area (Å²) in [5, 5.41) is 3.07. The summed E-state index contributed by atoms with van der Waals surface area (Å²) in [6.07, 6.45) is 2.04. The summed E-state index contributed by atoms with van der Waals surface area (Å²) in [7, 11) is 0. The van der Waals surface area contributed by atoms with Gasteiger partial charge in [0.1, 0.15) is 5.75 Å². The molecule has 0 aromatic heterocycles. The minimum atomic E-state index is -0.0180. The van der Waals surface area contributed by atoms with Crippen LogP contribution in [0.5, 0.6) is 5.75 Å². The first-order chi connectivity index (χ1) is 12.5. The molecule has 0 aliphatic heterocycles. The Kier molecular flexibility index (Phi) is 8.05. The van der Waals surface area contributed by atoms with Crippen LogP contribution in [0.4, 0.5) is 0 Å². The molecule has 0 radical (unpaired) electrons. The first kappa shape index (κ1) is 20.4. The fraction of sp³-hybridized carbons (Fsp3) is 0.409. The Hall–Kier alpha value is -1.94. The minimum Gasteiger partial charge on any atom is -0.494 e. The first-order valence-electron chi connectivity index (χ1n) is 9.29. The number of amides is 1. The van der Waals surface area contributed by atoms with Gasteiger partial charge in [-0.25, -0.2) is 0 Å². The SMILES string of the molecule is CCC[C@H](C)NC(=O)c1ccc(OCC)c(CSc2ccc(C)cc2)c1. The number of nitrogens with one attached hydrogen (secondary N) is 1. The van der Waals surface area contributed by atoms with E-state index in [1.165, 1.54) is 10.5 Å². The molecule has 140 valence electrons. The third-order valence-electron chi connectivity index (χ3n) is 4.14. The number of carbonyl (C=O) groups is 1. The smallest absolute Gasteiger partial charge is 0.251 e. The van der Waals surface area contributed by atoms with E-state index in [-0.39, 0.29) is 11.9 Å². The number of hydrogen-bond donors (Lipinski definition) is 1. The second-order valence-electron chi connectivity index (χ2n) is 6.52. The molecular weight excluding hydrogens is 342 g/mol. The Morgan fingerprint density at radius 3 is 2.54 bits per heavy atom. The van der Waals surface area contributed by atoms with Crippen LogP contribution in [0, 0.1) is 6.92 Å². The van der Waals surface area contributed by atoms with Gasteiger partial charge < -0.3 is 10.1 Å². The normalized spacial score (nSPS) is 11.8. The molecule has 2 aromatic rings. The highest BCUT2D eigenvalue weighted by Crippen LogP contribution is 2.29. The molecule has 1 amide bonds. The molecule has 1 atom stereocenters. The van der Waals surface area contributed by atoms with Crippen LogP contribution in [0.2, 0.25) is 0 Å². The van der Waals surface area contributed by atoms with Gasteiger partial charge in [-0.05, 0) is 57.5 Å². The lowest BCUT2D eigenvalue weighted by atomic mass is 10.1. The average Bonchev–Trinajstić information content (AvgIpc) is 2.62. The van der Waals surface area contributed by atoms with Gasteiger partial charge in [0.15, 0.2) is 0 Å². The van der Waals surface area contributed by atoms with E-state index in [0.29, 0.717) is 12.2 Å². The molecule has 0 spiro atoms. The summed E-state index contributed by atoms with van der Waals surface area (Å²) in [6.45, 7) is 8.85. The highest BCUT2D eigenvalue weighted by molar-refractivity contribution is 7.98. The monoisotopic (exact) mass is 371 g/mol. The van der Waals surface area contributed by atoms with Crippen molar-refractivity contribution in [3.8, 4) is 5.75 Å². The van der Waals surface area contributed by atoms with Crippen molar-refractivity contribution < 1.29 is 9.53 Å². The van der Waals surface area contributed by atoms with Crippen molar-refractivity contribution in [2.75, 3.05) is 6.61 Å². The van der Waals surface area contributed by atoms with E-state index in [1.807, 2.05) is 32.0 Å². The van der Waals surface area contributed by atoms with Crippen molar-refractivity contribution in [2.24, 2.45) is 0 Å². The van der Waals surface area contributed by atoms with Gasteiger partial charge in [0, 0.05) is 27.8 Å². The average molecular weight is 372 g/mol. The molecule has 0 bridgehead atoms. The number of rotatable bonds is 9. The maximum Gasteiger partial charge on any atom is 0.251 e. The highest BCUT2D eigenvalue weighted by atomic mass is 32.2. The Bertz CT molecular complexity index is 713. The second-order valence-corrected chi connectivity index (χ2v) is 7.57. The van der Waals surface area contributed by atoms with Crippen molar-refractivity contribution in [3.63, 3.8) is 0 Å². The molecule has 0 unspecified atom stereocenters. The van der Waals surface area contributed by atoms with Crippen LogP contribution in [0.25, 0.3) is 0 Å².